The molecule has 7 atom stereocenters. The van der Waals surface area contributed by atoms with Crippen molar-refractivity contribution < 1.29 is 47.6 Å². The number of rotatable bonds is 49. The standard InChI is InChI=1S/C64H116O10S/c1-5-9-13-17-21-25-29-33-37-48-57(65)69-52-55-61(72-58(66)49-38-34-30-26-22-18-14-10-6-2)62(73-59(67)50-39-35-31-27-23-19-15-11-7-3)63(74-60(68)51-40-36-32-28-24-20-16-12-8-4)64(71-55)75-56-47-43-46-54(56)70-53-44-41-42-45-53/h53-56,61-64H,5-52H2,1-4H3/t54?,55-,56?,61+,62+,63-,64+/m1/s1. The van der Waals surface area contributed by atoms with Gasteiger partial charge in [0.2, 0.25) is 0 Å². The van der Waals surface area contributed by atoms with E-state index in [9.17, 15) is 19.2 Å². The first kappa shape index (κ1) is 67.4. The molecule has 2 unspecified atom stereocenters. The Labute approximate surface area is 464 Å². The molecule has 3 rings (SSSR count). The lowest BCUT2D eigenvalue weighted by atomic mass is 9.98. The van der Waals surface area contributed by atoms with E-state index >= 15 is 0 Å². The molecule has 75 heavy (non-hydrogen) atoms. The smallest absolute Gasteiger partial charge is 0.306 e. The van der Waals surface area contributed by atoms with Crippen molar-refractivity contribution in [2.45, 2.75) is 377 Å². The van der Waals surface area contributed by atoms with Crippen LogP contribution in [0.5, 0.6) is 0 Å². The van der Waals surface area contributed by atoms with Crippen LogP contribution in [0.1, 0.15) is 329 Å². The van der Waals surface area contributed by atoms with E-state index in [1.165, 1.54) is 148 Å². The summed E-state index contributed by atoms with van der Waals surface area (Å²) in [6.45, 7) is 8.78. The molecule has 1 saturated heterocycles. The maximum absolute atomic E-state index is 14.2. The Bertz CT molecular complexity index is 1410. The van der Waals surface area contributed by atoms with Gasteiger partial charge in [0.05, 0.1) is 12.2 Å². The highest BCUT2D eigenvalue weighted by Crippen LogP contribution is 2.43. The Morgan fingerprint density at radius 3 is 1.13 bits per heavy atom. The third kappa shape index (κ3) is 32.7. The second-order valence-corrected chi connectivity index (χ2v) is 24.4. The van der Waals surface area contributed by atoms with Gasteiger partial charge in [0.15, 0.2) is 18.3 Å². The number of hydrogen-bond donors (Lipinski definition) is 0. The topological polar surface area (TPSA) is 124 Å². The van der Waals surface area contributed by atoms with Gasteiger partial charge in [-0.15, -0.1) is 11.8 Å². The lowest BCUT2D eigenvalue weighted by Crippen LogP contribution is -2.62. The van der Waals surface area contributed by atoms with Gasteiger partial charge in [-0.2, -0.15) is 0 Å². The number of ether oxygens (including phenoxy) is 6. The molecular weight excluding hydrogens is 961 g/mol. The molecule has 11 heteroatoms. The van der Waals surface area contributed by atoms with Crippen LogP contribution in [0.4, 0.5) is 0 Å². The zero-order chi connectivity index (χ0) is 53.8. The molecule has 3 fully saturated rings. The molecule has 0 amide bonds. The van der Waals surface area contributed by atoms with Gasteiger partial charge in [-0.3, -0.25) is 19.2 Å². The van der Waals surface area contributed by atoms with Gasteiger partial charge in [0.25, 0.3) is 0 Å². The van der Waals surface area contributed by atoms with Crippen LogP contribution in [0, 0.1) is 0 Å². The maximum Gasteiger partial charge on any atom is 0.306 e. The van der Waals surface area contributed by atoms with Crippen LogP contribution in [0.3, 0.4) is 0 Å². The minimum absolute atomic E-state index is 0.0205. The average Bonchev–Trinajstić information content (AvgIpc) is 4.10. The van der Waals surface area contributed by atoms with E-state index < -0.39 is 41.8 Å². The second-order valence-electron chi connectivity index (χ2n) is 23.1. The molecule has 2 saturated carbocycles. The van der Waals surface area contributed by atoms with E-state index in [4.69, 9.17) is 28.4 Å². The van der Waals surface area contributed by atoms with Gasteiger partial charge in [0.1, 0.15) is 18.1 Å². The largest absolute Gasteiger partial charge is 0.463 e. The minimum atomic E-state index is -1.14. The number of hydrogen-bond acceptors (Lipinski definition) is 11. The van der Waals surface area contributed by atoms with Gasteiger partial charge in [-0.05, 0) is 57.8 Å². The molecule has 438 valence electrons. The van der Waals surface area contributed by atoms with Crippen molar-refractivity contribution in [3.63, 3.8) is 0 Å². The molecule has 0 aromatic rings. The quantitative estimate of drug-likeness (QED) is 0.0329. The Hall–Kier alpha value is -1.85. The first-order valence-electron chi connectivity index (χ1n) is 32.5. The van der Waals surface area contributed by atoms with Gasteiger partial charge >= 0.3 is 23.9 Å². The normalized spacial score (nSPS) is 21.9. The van der Waals surface area contributed by atoms with Crippen LogP contribution < -0.4 is 0 Å². The van der Waals surface area contributed by atoms with Crippen molar-refractivity contribution >= 4 is 35.6 Å². The van der Waals surface area contributed by atoms with E-state index in [0.29, 0.717) is 25.7 Å². The molecule has 0 N–H and O–H groups in total. The summed E-state index contributed by atoms with van der Waals surface area (Å²) in [6.07, 6.45) is 44.9. The summed E-state index contributed by atoms with van der Waals surface area (Å²) < 4.78 is 39.3. The molecule has 2 aliphatic carbocycles. The summed E-state index contributed by atoms with van der Waals surface area (Å²) in [4.78, 5) is 55.8. The van der Waals surface area contributed by atoms with E-state index in [-0.39, 0.29) is 55.3 Å². The summed E-state index contributed by atoms with van der Waals surface area (Å²) in [5.74, 6) is -1.50. The van der Waals surface area contributed by atoms with Crippen molar-refractivity contribution in [1.29, 1.82) is 0 Å². The molecule has 1 heterocycles. The molecule has 0 bridgehead atoms. The van der Waals surface area contributed by atoms with Crippen LogP contribution in [-0.2, 0) is 47.6 Å². The van der Waals surface area contributed by atoms with Crippen molar-refractivity contribution in [3.05, 3.63) is 0 Å². The Balaban J connectivity index is 1.86. The fourth-order valence-electron chi connectivity index (χ4n) is 11.4. The fraction of sp³-hybridized carbons (Fsp3) is 0.938. The lowest BCUT2D eigenvalue weighted by molar-refractivity contribution is -0.239. The van der Waals surface area contributed by atoms with Crippen LogP contribution in [0.2, 0.25) is 0 Å². The number of unbranched alkanes of at least 4 members (excludes halogenated alkanes) is 32. The third-order valence-electron chi connectivity index (χ3n) is 16.1. The third-order valence-corrected chi connectivity index (χ3v) is 17.6. The average molecular weight is 1080 g/mol. The summed E-state index contributed by atoms with van der Waals surface area (Å²) in [7, 11) is 0. The highest BCUT2D eigenvalue weighted by atomic mass is 32.2. The van der Waals surface area contributed by atoms with E-state index in [1.54, 1.807) is 11.8 Å². The van der Waals surface area contributed by atoms with Crippen molar-refractivity contribution in [3.8, 4) is 0 Å². The van der Waals surface area contributed by atoms with E-state index in [0.717, 1.165) is 109 Å². The maximum atomic E-state index is 14.2. The molecular formula is C64H116O10S. The van der Waals surface area contributed by atoms with Crippen molar-refractivity contribution in [2.75, 3.05) is 6.61 Å². The lowest BCUT2D eigenvalue weighted by Gasteiger charge is -2.45. The van der Waals surface area contributed by atoms with E-state index in [1.807, 2.05) is 0 Å². The first-order valence-corrected chi connectivity index (χ1v) is 33.4. The van der Waals surface area contributed by atoms with Gasteiger partial charge in [0, 0.05) is 30.9 Å². The zero-order valence-electron chi connectivity index (χ0n) is 49.1. The number of carbonyl (C=O) groups excluding carboxylic acids is 4. The van der Waals surface area contributed by atoms with Crippen LogP contribution >= 0.6 is 11.8 Å². The molecule has 0 radical (unpaired) electrons. The number of esters is 4. The summed E-state index contributed by atoms with van der Waals surface area (Å²) >= 11 is 1.59. The molecule has 1 aliphatic heterocycles. The second kappa shape index (κ2) is 46.0. The monoisotopic (exact) mass is 1080 g/mol. The SMILES string of the molecule is CCCCCCCCCCCC(=O)OC[C@H]1O[C@@H](SC2CCCC2OC2CCCC2)[C@H](OC(=O)CCCCCCCCCCC)[C@@H](OC(=O)CCCCCCCCCCC)[C@H]1OC(=O)CCCCCCCCCCC. The van der Waals surface area contributed by atoms with Gasteiger partial charge in [-0.25, -0.2) is 0 Å². The highest BCUT2D eigenvalue weighted by Gasteiger charge is 2.54. The molecule has 3 aliphatic rings. The number of carbonyl (C=O) groups is 4. The number of thioether (sulfide) groups is 1. The zero-order valence-corrected chi connectivity index (χ0v) is 49.9. The summed E-state index contributed by atoms with van der Waals surface area (Å²) in [6, 6.07) is 0. The summed E-state index contributed by atoms with van der Waals surface area (Å²) in [5.41, 5.74) is -0.770. The van der Waals surface area contributed by atoms with Gasteiger partial charge < -0.3 is 28.4 Å². The van der Waals surface area contributed by atoms with Crippen LogP contribution in [0.25, 0.3) is 0 Å². The van der Waals surface area contributed by atoms with Crippen LogP contribution in [0.15, 0.2) is 0 Å². The van der Waals surface area contributed by atoms with Crippen molar-refractivity contribution in [1.82, 2.24) is 0 Å². The van der Waals surface area contributed by atoms with E-state index in [2.05, 4.69) is 27.7 Å². The molecule has 10 nitrogen and oxygen atoms in total. The van der Waals surface area contributed by atoms with Crippen molar-refractivity contribution in [2.24, 2.45) is 0 Å². The molecule has 0 aromatic carbocycles. The molecule has 0 spiro atoms. The predicted molar refractivity (Wildman–Crippen MR) is 309 cm³/mol. The highest BCUT2D eigenvalue weighted by molar-refractivity contribution is 8.00. The van der Waals surface area contributed by atoms with Gasteiger partial charge in [-0.1, -0.05) is 246 Å². The fourth-order valence-corrected chi connectivity index (χ4v) is 13.0. The summed E-state index contributed by atoms with van der Waals surface area (Å²) in [5, 5.41) is 0.0630. The Kier molecular flexibility index (Phi) is 41.3. The predicted octanol–water partition coefficient (Wildman–Crippen LogP) is 18.3. The Morgan fingerprint density at radius 2 is 0.733 bits per heavy atom. The Morgan fingerprint density at radius 1 is 0.387 bits per heavy atom. The van der Waals surface area contributed by atoms with Crippen LogP contribution in [-0.4, -0.2) is 77.8 Å². The first-order chi connectivity index (χ1) is 36.8. The molecule has 0 aromatic heterocycles. The minimum Gasteiger partial charge on any atom is -0.463 e.